The molecule has 0 bridgehead atoms. The summed E-state index contributed by atoms with van der Waals surface area (Å²) < 4.78 is 21.1. The molecule has 3 aromatic carbocycles. The van der Waals surface area contributed by atoms with Crippen LogP contribution in [0, 0.1) is 17.8 Å². The van der Waals surface area contributed by atoms with Crippen molar-refractivity contribution in [3.63, 3.8) is 0 Å². The van der Waals surface area contributed by atoms with Gasteiger partial charge in [-0.05, 0) is 99.5 Å². The van der Waals surface area contributed by atoms with Crippen LogP contribution in [0.5, 0.6) is 11.5 Å². The zero-order chi connectivity index (χ0) is 34.4. The standard InChI is InChI=1S/C41H45N3O4S/c1-41(2,3)49(47)44-28-33-26-36(40(46)42-27-31-19-21-35(22-20-31)48-34-17-5-4-6-18-34)43-39(38(33)37(44)23-24-45)32-16-10-15-30(25-32)14-9-13-29-11-7-8-12-29/h4-6,10,15-22,25-26,29,37,45H,7-8,11-13,23-24,27-28H2,1-3H3,(H,42,46)/t37-,49-/m0/s1. The minimum Gasteiger partial charge on any atom is -0.457 e. The van der Waals surface area contributed by atoms with Gasteiger partial charge in [0.25, 0.3) is 5.91 Å². The lowest BCUT2D eigenvalue weighted by molar-refractivity contribution is 0.0946. The molecule has 8 heteroatoms. The number of nitrogens with zero attached hydrogens (tertiary/aromatic N) is 2. The third-order valence-electron chi connectivity index (χ3n) is 9.11. The Labute approximate surface area is 292 Å². The maximum atomic E-state index is 13.8. The number of ether oxygens (including phenoxy) is 1. The second kappa shape index (κ2) is 15.5. The van der Waals surface area contributed by atoms with E-state index in [1.165, 1.54) is 25.7 Å². The Balaban J connectivity index is 1.28. The van der Waals surface area contributed by atoms with Gasteiger partial charge in [0.1, 0.15) is 28.2 Å². The van der Waals surface area contributed by atoms with Crippen molar-refractivity contribution in [2.24, 2.45) is 5.92 Å². The molecular formula is C41H45N3O4S. The number of aliphatic hydroxyl groups is 1. The van der Waals surface area contributed by atoms with Gasteiger partial charge in [0.15, 0.2) is 0 Å². The number of carbonyl (C=O) groups excluding carboxylic acids is 1. The molecule has 0 spiro atoms. The van der Waals surface area contributed by atoms with Crippen LogP contribution in [0.2, 0.25) is 0 Å². The number of aromatic nitrogens is 1. The molecule has 1 aliphatic carbocycles. The number of carbonyl (C=O) groups is 1. The van der Waals surface area contributed by atoms with Gasteiger partial charge in [-0.1, -0.05) is 67.1 Å². The highest BCUT2D eigenvalue weighted by Gasteiger charge is 2.40. The number of nitrogens with one attached hydrogen (secondary N) is 1. The van der Waals surface area contributed by atoms with Gasteiger partial charge in [0.05, 0.1) is 16.5 Å². The molecule has 1 saturated carbocycles. The fourth-order valence-electron chi connectivity index (χ4n) is 6.63. The third-order valence-corrected chi connectivity index (χ3v) is 11.0. The van der Waals surface area contributed by atoms with Crippen LogP contribution in [0.4, 0.5) is 0 Å². The van der Waals surface area contributed by atoms with Crippen LogP contribution in [0.25, 0.3) is 11.3 Å². The predicted octanol–water partition coefficient (Wildman–Crippen LogP) is 8.10. The number of pyridine rings is 1. The monoisotopic (exact) mass is 675 g/mol. The lowest BCUT2D eigenvalue weighted by atomic mass is 9.95. The first-order chi connectivity index (χ1) is 23.7. The minimum atomic E-state index is -1.34. The van der Waals surface area contributed by atoms with Crippen molar-refractivity contribution in [3.8, 4) is 34.6 Å². The van der Waals surface area contributed by atoms with E-state index in [2.05, 4.69) is 17.2 Å². The number of amides is 1. The Morgan fingerprint density at radius 3 is 2.45 bits per heavy atom. The van der Waals surface area contributed by atoms with Crippen LogP contribution in [0.3, 0.4) is 0 Å². The number of benzene rings is 3. The molecule has 1 fully saturated rings. The molecular weight excluding hydrogens is 631 g/mol. The summed E-state index contributed by atoms with van der Waals surface area (Å²) in [5, 5.41) is 13.2. The van der Waals surface area contributed by atoms with E-state index < -0.39 is 15.7 Å². The van der Waals surface area contributed by atoms with Gasteiger partial charge in [-0.15, -0.1) is 0 Å². The first-order valence-corrected chi connectivity index (χ1v) is 18.3. The second-order valence-electron chi connectivity index (χ2n) is 13.9. The summed E-state index contributed by atoms with van der Waals surface area (Å²) in [6.45, 7) is 6.50. The predicted molar refractivity (Wildman–Crippen MR) is 195 cm³/mol. The van der Waals surface area contributed by atoms with Crippen molar-refractivity contribution >= 4 is 16.9 Å². The van der Waals surface area contributed by atoms with Crippen molar-refractivity contribution in [1.82, 2.24) is 14.6 Å². The van der Waals surface area contributed by atoms with Crippen LogP contribution in [-0.4, -0.2) is 35.9 Å². The zero-order valence-electron chi connectivity index (χ0n) is 28.6. The van der Waals surface area contributed by atoms with E-state index in [0.717, 1.165) is 40.0 Å². The summed E-state index contributed by atoms with van der Waals surface area (Å²) in [5.41, 5.74) is 5.43. The summed E-state index contributed by atoms with van der Waals surface area (Å²) in [5.74, 6) is 8.62. The van der Waals surface area contributed by atoms with Gasteiger partial charge in [-0.2, -0.15) is 0 Å². The fraction of sp³-hybridized carbons (Fsp3) is 0.366. The van der Waals surface area contributed by atoms with E-state index in [0.29, 0.717) is 42.6 Å². The summed E-state index contributed by atoms with van der Waals surface area (Å²) in [4.78, 5) is 18.7. The lowest BCUT2D eigenvalue weighted by Gasteiger charge is -2.30. The summed E-state index contributed by atoms with van der Waals surface area (Å²) >= 11 is 0. The van der Waals surface area contributed by atoms with Crippen molar-refractivity contribution in [2.45, 2.75) is 83.2 Å². The number of rotatable bonds is 10. The number of fused-ring (bicyclic) bond motifs is 1. The molecule has 49 heavy (non-hydrogen) atoms. The van der Waals surface area contributed by atoms with E-state index in [-0.39, 0.29) is 18.6 Å². The molecule has 1 aliphatic heterocycles. The van der Waals surface area contributed by atoms with Crippen LogP contribution in [-0.2, 0) is 24.1 Å². The Kier molecular flexibility index (Phi) is 10.9. The quantitative estimate of drug-likeness (QED) is 0.166. The third kappa shape index (κ3) is 8.48. The first kappa shape index (κ1) is 34.6. The fourth-order valence-corrected chi connectivity index (χ4v) is 8.04. The Morgan fingerprint density at radius 2 is 1.73 bits per heavy atom. The van der Waals surface area contributed by atoms with Gasteiger partial charge < -0.3 is 15.2 Å². The normalized spacial score (nSPS) is 16.9. The van der Waals surface area contributed by atoms with Gasteiger partial charge in [0.2, 0.25) is 0 Å². The largest absolute Gasteiger partial charge is 0.457 e. The van der Waals surface area contributed by atoms with Gasteiger partial charge in [-0.3, -0.25) is 4.79 Å². The van der Waals surface area contributed by atoms with Crippen molar-refractivity contribution in [3.05, 3.63) is 113 Å². The molecule has 1 amide bonds. The van der Waals surface area contributed by atoms with E-state index in [9.17, 15) is 14.1 Å². The molecule has 254 valence electrons. The van der Waals surface area contributed by atoms with E-state index >= 15 is 0 Å². The van der Waals surface area contributed by atoms with E-state index in [4.69, 9.17) is 9.72 Å². The van der Waals surface area contributed by atoms with Crippen LogP contribution < -0.4 is 10.1 Å². The molecule has 0 radical (unpaired) electrons. The summed E-state index contributed by atoms with van der Waals surface area (Å²) in [6, 6.07) is 26.7. The number of aliphatic hydroxyl groups excluding tert-OH is 1. The molecule has 6 rings (SSSR count). The second-order valence-corrected chi connectivity index (χ2v) is 16.1. The highest BCUT2D eigenvalue weighted by Crippen LogP contribution is 2.44. The first-order valence-electron chi connectivity index (χ1n) is 17.2. The topological polar surface area (TPSA) is 91.8 Å². The SMILES string of the molecule is CC(C)(C)[S@](=O)N1Cc2cc(C(=O)NCc3ccc(Oc4ccccc4)cc3)nc(-c3cccc(C#CCC4CCCC4)c3)c2[C@@H]1CCO. The molecule has 4 aromatic rings. The van der Waals surface area contributed by atoms with E-state index in [1.807, 2.05) is 110 Å². The van der Waals surface area contributed by atoms with Gasteiger partial charge >= 0.3 is 0 Å². The molecule has 2 N–H and O–H groups in total. The van der Waals surface area contributed by atoms with E-state index in [1.54, 1.807) is 0 Å². The van der Waals surface area contributed by atoms with Crippen LogP contribution in [0.15, 0.2) is 84.9 Å². The average molecular weight is 676 g/mol. The lowest BCUT2D eigenvalue weighted by Crippen LogP contribution is -2.36. The maximum absolute atomic E-state index is 13.8. The number of hydrogen-bond acceptors (Lipinski definition) is 5. The van der Waals surface area contributed by atoms with Crippen molar-refractivity contribution in [1.29, 1.82) is 0 Å². The molecule has 0 unspecified atom stereocenters. The molecule has 0 saturated heterocycles. The molecule has 7 nitrogen and oxygen atoms in total. The van der Waals surface area contributed by atoms with Crippen LogP contribution in [0.1, 0.15) is 98.1 Å². The Hall–Kier alpha value is -4.29. The highest BCUT2D eigenvalue weighted by molar-refractivity contribution is 7.84. The number of para-hydroxylation sites is 1. The van der Waals surface area contributed by atoms with Gasteiger partial charge in [-0.25, -0.2) is 13.5 Å². The Bertz CT molecular complexity index is 1850. The molecule has 2 aliphatic rings. The maximum Gasteiger partial charge on any atom is 0.270 e. The minimum absolute atomic E-state index is 0.0640. The van der Waals surface area contributed by atoms with Crippen LogP contribution >= 0.6 is 0 Å². The highest BCUT2D eigenvalue weighted by atomic mass is 32.2. The van der Waals surface area contributed by atoms with Crippen molar-refractivity contribution in [2.75, 3.05) is 6.61 Å². The smallest absolute Gasteiger partial charge is 0.270 e. The Morgan fingerprint density at radius 1 is 1.00 bits per heavy atom. The molecule has 1 aromatic heterocycles. The molecule has 2 atom stereocenters. The van der Waals surface area contributed by atoms with Crippen molar-refractivity contribution < 1.29 is 18.8 Å². The average Bonchev–Trinajstić information content (AvgIpc) is 3.75. The summed E-state index contributed by atoms with van der Waals surface area (Å²) in [6.07, 6.45) is 6.41. The van der Waals surface area contributed by atoms with Gasteiger partial charge in [0, 0.05) is 42.8 Å². The summed E-state index contributed by atoms with van der Waals surface area (Å²) in [7, 11) is -1.34. The zero-order valence-corrected chi connectivity index (χ0v) is 29.4. The number of hydrogen-bond donors (Lipinski definition) is 2. The molecule has 2 heterocycles.